The minimum absolute atomic E-state index is 0.0511. The average molecular weight is 464 g/mol. The number of carbonyl (C=O) groups is 2. The molecule has 0 spiro atoms. The summed E-state index contributed by atoms with van der Waals surface area (Å²) in [6.45, 7) is 6.10. The van der Waals surface area contributed by atoms with Gasteiger partial charge in [-0.05, 0) is 52.5 Å². The third-order valence-corrected chi connectivity index (χ3v) is 7.85. The summed E-state index contributed by atoms with van der Waals surface area (Å²) in [6.07, 6.45) is 4.53. The van der Waals surface area contributed by atoms with E-state index in [4.69, 9.17) is 4.74 Å². The van der Waals surface area contributed by atoms with Crippen molar-refractivity contribution in [3.8, 4) is 11.8 Å². The van der Waals surface area contributed by atoms with Crippen molar-refractivity contribution in [3.05, 3.63) is 21.3 Å². The fourth-order valence-electron chi connectivity index (χ4n) is 3.26. The number of thiophene rings is 1. The van der Waals surface area contributed by atoms with E-state index in [-0.39, 0.29) is 11.5 Å². The average Bonchev–Trinajstić information content (AvgIpc) is 3.37. The highest BCUT2D eigenvalue weighted by molar-refractivity contribution is 8.01. The second kappa shape index (κ2) is 9.94. The molecule has 0 bridgehead atoms. The van der Waals surface area contributed by atoms with Gasteiger partial charge in [0.15, 0.2) is 4.34 Å². The Kier molecular flexibility index (Phi) is 7.55. The number of nitrogens with zero attached hydrogens (tertiary/aromatic N) is 3. The van der Waals surface area contributed by atoms with Crippen LogP contribution in [0.3, 0.4) is 0 Å². The van der Waals surface area contributed by atoms with Crippen LogP contribution < -0.4 is 4.90 Å². The van der Waals surface area contributed by atoms with Gasteiger partial charge in [-0.2, -0.15) is 0 Å². The van der Waals surface area contributed by atoms with Crippen molar-refractivity contribution < 1.29 is 14.3 Å². The van der Waals surface area contributed by atoms with Gasteiger partial charge in [-0.15, -0.1) is 21.5 Å². The van der Waals surface area contributed by atoms with Crippen LogP contribution in [0.25, 0.3) is 0 Å². The molecule has 1 amide bonds. The third kappa shape index (κ3) is 5.84. The van der Waals surface area contributed by atoms with Crippen LogP contribution in [-0.2, 0) is 9.53 Å². The minimum Gasteiger partial charge on any atom is -0.465 e. The monoisotopic (exact) mass is 463 g/mol. The van der Waals surface area contributed by atoms with Gasteiger partial charge in [0.1, 0.15) is 10.4 Å². The SMILES string of the molecule is COC(=O)c1sc(C#CC(C)(C)C)cc1N(C=O)[C@H]1CC[C@H](Sc2nncs2)CC1. The molecule has 0 atom stereocenters. The van der Waals surface area contributed by atoms with E-state index in [1.165, 1.54) is 18.4 Å². The zero-order valence-corrected chi connectivity index (χ0v) is 20.0. The van der Waals surface area contributed by atoms with Crippen LogP contribution >= 0.6 is 34.4 Å². The molecule has 30 heavy (non-hydrogen) atoms. The maximum absolute atomic E-state index is 12.4. The molecule has 1 aliphatic carbocycles. The molecule has 2 heterocycles. The zero-order chi connectivity index (χ0) is 21.7. The summed E-state index contributed by atoms with van der Waals surface area (Å²) in [5, 5.41) is 8.47. The molecule has 2 aromatic heterocycles. The number of amides is 1. The molecule has 6 nitrogen and oxygen atoms in total. The molecule has 0 unspecified atom stereocenters. The summed E-state index contributed by atoms with van der Waals surface area (Å²) < 4.78 is 5.94. The van der Waals surface area contributed by atoms with E-state index >= 15 is 0 Å². The second-order valence-electron chi connectivity index (χ2n) is 8.08. The van der Waals surface area contributed by atoms with Gasteiger partial charge in [-0.25, -0.2) is 4.79 Å². The minimum atomic E-state index is -0.439. The van der Waals surface area contributed by atoms with E-state index in [1.807, 2.05) is 26.8 Å². The Hall–Kier alpha value is -1.89. The van der Waals surface area contributed by atoms with E-state index < -0.39 is 5.97 Å². The summed E-state index contributed by atoms with van der Waals surface area (Å²) in [6, 6.07) is 1.89. The van der Waals surface area contributed by atoms with E-state index in [1.54, 1.807) is 33.5 Å². The first-order chi connectivity index (χ1) is 14.3. The molecule has 9 heteroatoms. The lowest BCUT2D eigenvalue weighted by atomic mass is 9.93. The van der Waals surface area contributed by atoms with Crippen LogP contribution in [0.2, 0.25) is 0 Å². The number of aromatic nitrogens is 2. The van der Waals surface area contributed by atoms with E-state index in [0.29, 0.717) is 15.8 Å². The third-order valence-electron chi connectivity index (χ3n) is 4.68. The first-order valence-electron chi connectivity index (χ1n) is 9.72. The van der Waals surface area contributed by atoms with Crippen LogP contribution in [0, 0.1) is 17.3 Å². The van der Waals surface area contributed by atoms with Crippen molar-refractivity contribution in [2.75, 3.05) is 12.0 Å². The fraction of sp³-hybridized carbons (Fsp3) is 0.524. The Morgan fingerprint density at radius 3 is 2.63 bits per heavy atom. The molecule has 1 fully saturated rings. The van der Waals surface area contributed by atoms with E-state index in [2.05, 4.69) is 22.0 Å². The zero-order valence-electron chi connectivity index (χ0n) is 17.5. The van der Waals surface area contributed by atoms with Crippen molar-refractivity contribution in [1.29, 1.82) is 0 Å². The molecule has 0 saturated heterocycles. The molecule has 0 aromatic carbocycles. The lowest BCUT2D eigenvalue weighted by molar-refractivity contribution is -0.108. The van der Waals surface area contributed by atoms with E-state index in [9.17, 15) is 9.59 Å². The number of rotatable bonds is 6. The quantitative estimate of drug-likeness (QED) is 0.346. The van der Waals surface area contributed by atoms with Crippen molar-refractivity contribution in [2.45, 2.75) is 62.1 Å². The maximum Gasteiger partial charge on any atom is 0.350 e. The topological polar surface area (TPSA) is 72.4 Å². The van der Waals surface area contributed by atoms with Gasteiger partial charge in [-0.1, -0.05) is 34.9 Å². The summed E-state index contributed by atoms with van der Waals surface area (Å²) in [5.41, 5.74) is 2.19. The number of hydrogen-bond donors (Lipinski definition) is 0. The highest BCUT2D eigenvalue weighted by atomic mass is 32.2. The predicted octanol–water partition coefficient (Wildman–Crippen LogP) is 4.85. The Morgan fingerprint density at radius 2 is 2.07 bits per heavy atom. The van der Waals surface area contributed by atoms with Gasteiger partial charge in [0.05, 0.1) is 17.7 Å². The summed E-state index contributed by atoms with van der Waals surface area (Å²) in [5.74, 6) is 5.89. The number of carbonyl (C=O) groups excluding carboxylic acids is 2. The standard InChI is InChI=1S/C21H25N3O3S3/c1-21(2,3)10-9-16-11-17(18(29-16)19(26)27-4)24(13-25)14-5-7-15(8-6-14)30-20-23-22-12-28-20/h11-15H,5-8H2,1-4H3/t14-,15-. The smallest absolute Gasteiger partial charge is 0.350 e. The number of esters is 1. The van der Waals surface area contributed by atoms with Crippen LogP contribution in [0.4, 0.5) is 5.69 Å². The molecule has 0 N–H and O–H groups in total. The maximum atomic E-state index is 12.4. The Bertz CT molecular complexity index is 930. The van der Waals surface area contributed by atoms with Crippen LogP contribution in [0.5, 0.6) is 0 Å². The number of anilines is 1. The highest BCUT2D eigenvalue weighted by Crippen LogP contribution is 2.38. The van der Waals surface area contributed by atoms with E-state index in [0.717, 1.165) is 41.3 Å². The number of ether oxygens (including phenoxy) is 1. The van der Waals surface area contributed by atoms with Crippen molar-refractivity contribution in [2.24, 2.45) is 5.41 Å². The van der Waals surface area contributed by atoms with Gasteiger partial charge in [0, 0.05) is 16.7 Å². The van der Waals surface area contributed by atoms with Gasteiger partial charge in [-0.3, -0.25) is 4.79 Å². The van der Waals surface area contributed by atoms with Crippen molar-refractivity contribution in [3.63, 3.8) is 0 Å². The molecule has 0 aliphatic heterocycles. The van der Waals surface area contributed by atoms with Crippen LogP contribution in [0.15, 0.2) is 15.9 Å². The lowest BCUT2D eigenvalue weighted by Crippen LogP contribution is -2.38. The fourth-order valence-corrected chi connectivity index (χ4v) is 6.11. The number of hydrogen-bond acceptors (Lipinski definition) is 8. The summed E-state index contributed by atoms with van der Waals surface area (Å²) in [7, 11) is 1.35. The summed E-state index contributed by atoms with van der Waals surface area (Å²) >= 11 is 4.59. The molecule has 3 rings (SSSR count). The first kappa shape index (κ1) is 22.8. The van der Waals surface area contributed by atoms with Gasteiger partial charge in [0.2, 0.25) is 6.41 Å². The normalized spacial score (nSPS) is 18.9. The number of methoxy groups -OCH3 is 1. The molecular formula is C21H25N3O3S3. The van der Waals surface area contributed by atoms with Gasteiger partial charge >= 0.3 is 5.97 Å². The Balaban J connectivity index is 1.78. The Labute approximate surface area is 189 Å². The van der Waals surface area contributed by atoms with Gasteiger partial charge < -0.3 is 9.64 Å². The molecule has 0 radical (unpaired) electrons. The molecular weight excluding hydrogens is 438 g/mol. The molecule has 1 aliphatic rings. The first-order valence-corrected chi connectivity index (χ1v) is 12.3. The highest BCUT2D eigenvalue weighted by Gasteiger charge is 2.30. The van der Waals surface area contributed by atoms with Gasteiger partial charge in [0.25, 0.3) is 0 Å². The summed E-state index contributed by atoms with van der Waals surface area (Å²) in [4.78, 5) is 27.3. The molecule has 1 saturated carbocycles. The van der Waals surface area contributed by atoms with Crippen LogP contribution in [-0.4, -0.2) is 41.0 Å². The molecule has 160 valence electrons. The molecule has 2 aromatic rings. The second-order valence-corrected chi connectivity index (χ2v) is 11.5. The van der Waals surface area contributed by atoms with Crippen molar-refractivity contribution >= 4 is 52.5 Å². The van der Waals surface area contributed by atoms with Crippen LogP contribution in [0.1, 0.15) is 61.0 Å². The number of thioether (sulfide) groups is 1. The lowest BCUT2D eigenvalue weighted by Gasteiger charge is -2.34. The largest absolute Gasteiger partial charge is 0.465 e. The predicted molar refractivity (Wildman–Crippen MR) is 122 cm³/mol. The van der Waals surface area contributed by atoms with Crippen molar-refractivity contribution in [1.82, 2.24) is 10.2 Å². The Morgan fingerprint density at radius 1 is 1.33 bits per heavy atom.